The SMILES string of the molecule is COc1ccc(CN2C(=O)c3cccc(N4CCN(Cc5ccc(C)o5)CC4)c3C2=O)cc1. The molecule has 2 aliphatic rings. The van der Waals surface area contributed by atoms with Crippen LogP contribution in [0.3, 0.4) is 0 Å². The van der Waals surface area contributed by atoms with Crippen molar-refractivity contribution in [1.29, 1.82) is 0 Å². The minimum Gasteiger partial charge on any atom is -0.497 e. The van der Waals surface area contributed by atoms with Crippen molar-refractivity contribution in [2.75, 3.05) is 38.2 Å². The van der Waals surface area contributed by atoms with Gasteiger partial charge in [0.25, 0.3) is 11.8 Å². The Morgan fingerprint density at radius 1 is 0.879 bits per heavy atom. The molecule has 1 aromatic heterocycles. The van der Waals surface area contributed by atoms with Crippen LogP contribution >= 0.6 is 0 Å². The second-order valence-electron chi connectivity index (χ2n) is 8.52. The van der Waals surface area contributed by atoms with Crippen LogP contribution in [0.15, 0.2) is 59.0 Å². The maximum Gasteiger partial charge on any atom is 0.263 e. The van der Waals surface area contributed by atoms with Gasteiger partial charge in [-0.25, -0.2) is 0 Å². The van der Waals surface area contributed by atoms with E-state index in [4.69, 9.17) is 9.15 Å². The average Bonchev–Trinajstić information content (AvgIpc) is 3.36. The number of hydrogen-bond donors (Lipinski definition) is 0. The molecule has 0 saturated carbocycles. The lowest BCUT2D eigenvalue weighted by molar-refractivity contribution is 0.0642. The normalized spacial score (nSPS) is 16.4. The van der Waals surface area contributed by atoms with Crippen LogP contribution in [0.25, 0.3) is 0 Å². The van der Waals surface area contributed by atoms with Gasteiger partial charge in [-0.2, -0.15) is 0 Å². The highest BCUT2D eigenvalue weighted by atomic mass is 16.5. The van der Waals surface area contributed by atoms with E-state index in [1.54, 1.807) is 13.2 Å². The maximum atomic E-state index is 13.3. The molecule has 2 aliphatic heterocycles. The Morgan fingerprint density at radius 2 is 1.64 bits per heavy atom. The molecule has 0 aliphatic carbocycles. The Hall–Kier alpha value is -3.58. The number of piperazine rings is 1. The first kappa shape index (κ1) is 21.3. The predicted molar refractivity (Wildman–Crippen MR) is 125 cm³/mol. The number of anilines is 1. The standard InChI is InChI=1S/C26H27N3O4/c1-18-6-9-21(33-18)17-27-12-14-28(15-13-27)23-5-3-4-22-24(23)26(31)29(25(22)30)16-19-7-10-20(32-2)11-8-19/h3-11H,12-17H2,1-2H3. The lowest BCUT2D eigenvalue weighted by atomic mass is 10.1. The third kappa shape index (κ3) is 4.12. The third-order valence-corrected chi connectivity index (χ3v) is 6.37. The Labute approximate surface area is 193 Å². The van der Waals surface area contributed by atoms with Gasteiger partial charge in [0, 0.05) is 26.2 Å². The van der Waals surface area contributed by atoms with Crippen LogP contribution in [0.1, 0.15) is 37.8 Å². The summed E-state index contributed by atoms with van der Waals surface area (Å²) in [7, 11) is 1.61. The molecule has 1 saturated heterocycles. The topological polar surface area (TPSA) is 66.2 Å². The molecule has 2 amide bonds. The summed E-state index contributed by atoms with van der Waals surface area (Å²) >= 11 is 0. The van der Waals surface area contributed by atoms with E-state index in [0.717, 1.165) is 61.2 Å². The van der Waals surface area contributed by atoms with Crippen molar-refractivity contribution in [3.63, 3.8) is 0 Å². The zero-order chi connectivity index (χ0) is 22.9. The number of benzene rings is 2. The molecule has 0 atom stereocenters. The number of methoxy groups -OCH3 is 1. The smallest absolute Gasteiger partial charge is 0.263 e. The number of aryl methyl sites for hydroxylation is 1. The second-order valence-corrected chi connectivity index (χ2v) is 8.52. The summed E-state index contributed by atoms with van der Waals surface area (Å²) in [6.07, 6.45) is 0. The van der Waals surface area contributed by atoms with Gasteiger partial charge in [0.15, 0.2) is 0 Å². The van der Waals surface area contributed by atoms with Crippen LogP contribution in [0, 0.1) is 6.92 Å². The molecular weight excluding hydrogens is 418 g/mol. The Morgan fingerprint density at radius 3 is 2.30 bits per heavy atom. The summed E-state index contributed by atoms with van der Waals surface area (Å²) < 4.78 is 10.9. The highest BCUT2D eigenvalue weighted by Gasteiger charge is 2.38. The maximum absolute atomic E-state index is 13.3. The molecule has 170 valence electrons. The van der Waals surface area contributed by atoms with Gasteiger partial charge in [-0.3, -0.25) is 19.4 Å². The fourth-order valence-electron chi connectivity index (χ4n) is 4.57. The summed E-state index contributed by atoms with van der Waals surface area (Å²) in [6.45, 7) is 6.27. The van der Waals surface area contributed by atoms with Crippen molar-refractivity contribution in [3.05, 3.63) is 82.8 Å². The summed E-state index contributed by atoms with van der Waals surface area (Å²) in [4.78, 5) is 32.3. The minimum atomic E-state index is -0.237. The zero-order valence-electron chi connectivity index (χ0n) is 18.9. The highest BCUT2D eigenvalue weighted by molar-refractivity contribution is 6.23. The largest absolute Gasteiger partial charge is 0.497 e. The van der Waals surface area contributed by atoms with Gasteiger partial charge in [0.05, 0.1) is 37.0 Å². The lowest BCUT2D eigenvalue weighted by Gasteiger charge is -2.36. The van der Waals surface area contributed by atoms with Crippen LogP contribution in [-0.4, -0.2) is 54.9 Å². The second kappa shape index (κ2) is 8.75. The van der Waals surface area contributed by atoms with E-state index in [1.807, 2.05) is 55.5 Å². The van der Waals surface area contributed by atoms with E-state index in [-0.39, 0.29) is 18.4 Å². The first-order valence-corrected chi connectivity index (χ1v) is 11.2. The van der Waals surface area contributed by atoms with Gasteiger partial charge in [0.1, 0.15) is 17.3 Å². The van der Waals surface area contributed by atoms with E-state index in [9.17, 15) is 9.59 Å². The van der Waals surface area contributed by atoms with Crippen molar-refractivity contribution < 1.29 is 18.7 Å². The molecule has 0 bridgehead atoms. The molecule has 0 unspecified atom stereocenters. The van der Waals surface area contributed by atoms with Gasteiger partial charge in [-0.05, 0) is 48.9 Å². The van der Waals surface area contributed by atoms with Gasteiger partial charge < -0.3 is 14.1 Å². The van der Waals surface area contributed by atoms with Crippen molar-refractivity contribution in [1.82, 2.24) is 9.80 Å². The fraction of sp³-hybridized carbons (Fsp3) is 0.308. The van der Waals surface area contributed by atoms with E-state index >= 15 is 0 Å². The summed E-state index contributed by atoms with van der Waals surface area (Å²) in [6, 6.07) is 17.0. The van der Waals surface area contributed by atoms with Crippen LogP contribution in [0.2, 0.25) is 0 Å². The average molecular weight is 446 g/mol. The number of furan rings is 1. The molecule has 0 spiro atoms. The highest BCUT2D eigenvalue weighted by Crippen LogP contribution is 2.33. The third-order valence-electron chi connectivity index (χ3n) is 6.37. The first-order chi connectivity index (χ1) is 16.0. The monoisotopic (exact) mass is 445 g/mol. The number of fused-ring (bicyclic) bond motifs is 1. The molecule has 33 heavy (non-hydrogen) atoms. The minimum absolute atomic E-state index is 0.227. The molecule has 3 aromatic rings. The van der Waals surface area contributed by atoms with Crippen LogP contribution < -0.4 is 9.64 Å². The van der Waals surface area contributed by atoms with Gasteiger partial charge in [0.2, 0.25) is 0 Å². The van der Waals surface area contributed by atoms with E-state index in [1.165, 1.54) is 4.90 Å². The summed E-state index contributed by atoms with van der Waals surface area (Å²) in [5, 5.41) is 0. The number of nitrogens with zero attached hydrogens (tertiary/aromatic N) is 3. The van der Waals surface area contributed by atoms with Crippen molar-refractivity contribution >= 4 is 17.5 Å². The Balaban J connectivity index is 1.30. The first-order valence-electron chi connectivity index (χ1n) is 11.2. The van der Waals surface area contributed by atoms with E-state index in [2.05, 4.69) is 9.80 Å². The molecule has 0 N–H and O–H groups in total. The quantitative estimate of drug-likeness (QED) is 0.539. The molecule has 3 heterocycles. The lowest BCUT2D eigenvalue weighted by Crippen LogP contribution is -2.46. The zero-order valence-corrected chi connectivity index (χ0v) is 18.9. The van der Waals surface area contributed by atoms with Gasteiger partial charge >= 0.3 is 0 Å². The Bertz CT molecular complexity index is 1180. The molecule has 2 aromatic carbocycles. The van der Waals surface area contributed by atoms with Crippen LogP contribution in [0.4, 0.5) is 5.69 Å². The molecule has 1 fully saturated rings. The van der Waals surface area contributed by atoms with Crippen LogP contribution in [-0.2, 0) is 13.1 Å². The van der Waals surface area contributed by atoms with Crippen molar-refractivity contribution in [3.8, 4) is 5.75 Å². The van der Waals surface area contributed by atoms with Gasteiger partial charge in [-0.15, -0.1) is 0 Å². The molecule has 0 radical (unpaired) electrons. The number of imide groups is 1. The number of rotatable bonds is 6. The van der Waals surface area contributed by atoms with E-state index in [0.29, 0.717) is 11.1 Å². The fourth-order valence-corrected chi connectivity index (χ4v) is 4.57. The molecular formula is C26H27N3O4. The number of carbonyl (C=O) groups excluding carboxylic acids is 2. The molecule has 5 rings (SSSR count). The number of carbonyl (C=O) groups is 2. The molecule has 7 nitrogen and oxygen atoms in total. The van der Waals surface area contributed by atoms with E-state index < -0.39 is 0 Å². The number of hydrogen-bond acceptors (Lipinski definition) is 6. The summed E-state index contributed by atoms with van der Waals surface area (Å²) in [5.74, 6) is 2.17. The van der Waals surface area contributed by atoms with Crippen molar-refractivity contribution in [2.45, 2.75) is 20.0 Å². The number of amides is 2. The van der Waals surface area contributed by atoms with Crippen LogP contribution in [0.5, 0.6) is 5.75 Å². The number of ether oxygens (including phenoxy) is 1. The Kier molecular flexibility index (Phi) is 5.64. The molecule has 7 heteroatoms. The summed E-state index contributed by atoms with van der Waals surface area (Å²) in [5.41, 5.74) is 2.73. The van der Waals surface area contributed by atoms with Gasteiger partial charge in [-0.1, -0.05) is 18.2 Å². The van der Waals surface area contributed by atoms with Crippen molar-refractivity contribution in [2.24, 2.45) is 0 Å². The predicted octanol–water partition coefficient (Wildman–Crippen LogP) is 3.72.